The summed E-state index contributed by atoms with van der Waals surface area (Å²) in [5.74, 6) is 0.966. The Morgan fingerprint density at radius 3 is 2.41 bits per heavy atom. The maximum atomic E-state index is 13.9. The second-order valence-corrected chi connectivity index (χ2v) is 9.76. The van der Waals surface area contributed by atoms with Crippen LogP contribution in [0.15, 0.2) is 84.9 Å². The van der Waals surface area contributed by atoms with Crippen LogP contribution in [0.5, 0.6) is 11.5 Å². The molecule has 0 fully saturated rings. The highest BCUT2D eigenvalue weighted by Crippen LogP contribution is 2.31. The lowest BCUT2D eigenvalue weighted by atomic mass is 9.94. The van der Waals surface area contributed by atoms with Crippen molar-refractivity contribution in [3.63, 3.8) is 0 Å². The number of aromatic nitrogens is 2. The molecule has 1 aliphatic rings. The van der Waals surface area contributed by atoms with Crippen molar-refractivity contribution in [1.29, 1.82) is 0 Å². The molecule has 8 heteroatoms. The van der Waals surface area contributed by atoms with Crippen LogP contribution >= 0.6 is 0 Å². The van der Waals surface area contributed by atoms with Crippen LogP contribution in [-0.2, 0) is 24.3 Å². The molecule has 0 aliphatic carbocycles. The summed E-state index contributed by atoms with van der Waals surface area (Å²) in [5.41, 5.74) is 2.80. The number of rotatable bonds is 9. The molecule has 39 heavy (non-hydrogen) atoms. The number of ether oxygens (including phenoxy) is 2. The number of nitrogens with one attached hydrogen (secondary N) is 1. The van der Waals surface area contributed by atoms with Crippen molar-refractivity contribution in [2.24, 2.45) is 0 Å². The van der Waals surface area contributed by atoms with Crippen molar-refractivity contribution in [3.05, 3.63) is 102 Å². The molecule has 0 saturated heterocycles. The van der Waals surface area contributed by atoms with E-state index in [0.717, 1.165) is 22.4 Å². The normalized spacial score (nSPS) is 16.5. The highest BCUT2D eigenvalue weighted by Gasteiger charge is 2.47. The van der Waals surface area contributed by atoms with E-state index in [2.05, 4.69) is 5.32 Å². The van der Waals surface area contributed by atoms with Crippen LogP contribution in [-0.4, -0.2) is 52.8 Å². The van der Waals surface area contributed by atoms with Crippen molar-refractivity contribution in [1.82, 2.24) is 20.0 Å². The zero-order valence-electron chi connectivity index (χ0n) is 22.4. The van der Waals surface area contributed by atoms with E-state index in [1.165, 1.54) is 0 Å². The summed E-state index contributed by atoms with van der Waals surface area (Å²) >= 11 is 0. The number of para-hydroxylation sites is 1. The molecule has 0 radical (unpaired) electrons. The van der Waals surface area contributed by atoms with E-state index in [4.69, 9.17) is 14.6 Å². The number of amides is 2. The fourth-order valence-electron chi connectivity index (χ4n) is 4.99. The monoisotopic (exact) mass is 524 g/mol. The molecule has 0 saturated carbocycles. The van der Waals surface area contributed by atoms with Crippen LogP contribution in [0.4, 0.5) is 0 Å². The van der Waals surface area contributed by atoms with Gasteiger partial charge >= 0.3 is 0 Å². The Balaban J connectivity index is 1.45. The Labute approximate surface area is 228 Å². The fraction of sp³-hybridized carbons (Fsp3) is 0.258. The molecule has 4 aromatic rings. The van der Waals surface area contributed by atoms with Crippen LogP contribution in [0.1, 0.15) is 28.5 Å². The number of hydrogen-bond donors (Lipinski definition) is 1. The molecule has 200 valence electrons. The van der Waals surface area contributed by atoms with Crippen molar-refractivity contribution in [2.75, 3.05) is 20.8 Å². The second-order valence-electron chi connectivity index (χ2n) is 9.76. The largest absolute Gasteiger partial charge is 0.497 e. The summed E-state index contributed by atoms with van der Waals surface area (Å²) < 4.78 is 12.4. The van der Waals surface area contributed by atoms with E-state index in [0.29, 0.717) is 30.1 Å². The Hall–Kier alpha value is -4.59. The minimum atomic E-state index is -1.15. The third kappa shape index (κ3) is 5.23. The average Bonchev–Trinajstić information content (AvgIpc) is 3.40. The number of nitrogens with zero attached hydrogens (tertiary/aromatic N) is 3. The summed E-state index contributed by atoms with van der Waals surface area (Å²) in [5, 5.41) is 7.78. The van der Waals surface area contributed by atoms with Crippen molar-refractivity contribution >= 4 is 11.8 Å². The summed E-state index contributed by atoms with van der Waals surface area (Å²) in [7, 11) is 3.22. The lowest BCUT2D eigenvalue weighted by molar-refractivity contribution is -0.133. The van der Waals surface area contributed by atoms with Crippen molar-refractivity contribution in [2.45, 2.75) is 32.0 Å². The standard InChI is InChI=1S/C31H32N4O4/c1-31(30(37)32-20-24-11-7-8-12-28(24)39-3)21-35-27(19-26(33-35)23-13-15-25(38-2)16-14-23)29(36)34(31)18-17-22-9-5-4-6-10-22/h4-16,19H,17-18,20-21H2,1-3H3,(H,32,37). The number of hydrogen-bond acceptors (Lipinski definition) is 5. The molecular formula is C31H32N4O4. The Bertz CT molecular complexity index is 1470. The van der Waals surface area contributed by atoms with Gasteiger partial charge in [0.25, 0.3) is 5.91 Å². The zero-order valence-corrected chi connectivity index (χ0v) is 22.4. The van der Waals surface area contributed by atoms with E-state index < -0.39 is 5.54 Å². The van der Waals surface area contributed by atoms with Gasteiger partial charge in [0.15, 0.2) is 0 Å². The maximum Gasteiger partial charge on any atom is 0.273 e. The summed E-state index contributed by atoms with van der Waals surface area (Å²) in [6, 6.07) is 26.8. The molecule has 2 heterocycles. The lowest BCUT2D eigenvalue weighted by Crippen LogP contribution is -2.64. The fourth-order valence-corrected chi connectivity index (χ4v) is 4.99. The summed E-state index contributed by atoms with van der Waals surface area (Å²) in [4.78, 5) is 29.4. The quantitative estimate of drug-likeness (QED) is 0.352. The molecule has 1 aromatic heterocycles. The lowest BCUT2D eigenvalue weighted by Gasteiger charge is -2.43. The minimum absolute atomic E-state index is 0.223. The second kappa shape index (κ2) is 11.0. The average molecular weight is 525 g/mol. The van der Waals surface area contributed by atoms with Crippen LogP contribution < -0.4 is 14.8 Å². The molecular weight excluding hydrogens is 492 g/mol. The molecule has 0 spiro atoms. The summed E-state index contributed by atoms with van der Waals surface area (Å²) in [6.07, 6.45) is 0.626. The van der Waals surface area contributed by atoms with Gasteiger partial charge in [-0.3, -0.25) is 14.3 Å². The van der Waals surface area contributed by atoms with Gasteiger partial charge in [-0.05, 0) is 55.3 Å². The van der Waals surface area contributed by atoms with Gasteiger partial charge in [-0.25, -0.2) is 0 Å². The van der Waals surface area contributed by atoms with Gasteiger partial charge in [0.1, 0.15) is 22.7 Å². The highest BCUT2D eigenvalue weighted by molar-refractivity contribution is 6.00. The van der Waals surface area contributed by atoms with Gasteiger partial charge in [-0.15, -0.1) is 0 Å². The molecule has 5 rings (SSSR count). The molecule has 1 N–H and O–H groups in total. The summed E-state index contributed by atoms with van der Waals surface area (Å²) in [6.45, 7) is 2.72. The first kappa shape index (κ1) is 26.0. The van der Waals surface area contributed by atoms with Gasteiger partial charge in [0.05, 0.1) is 26.5 Å². The number of fused-ring (bicyclic) bond motifs is 1. The highest BCUT2D eigenvalue weighted by atomic mass is 16.5. The molecule has 2 amide bonds. The smallest absolute Gasteiger partial charge is 0.273 e. The van der Waals surface area contributed by atoms with E-state index in [-0.39, 0.29) is 24.9 Å². The van der Waals surface area contributed by atoms with Gasteiger partial charge in [-0.1, -0.05) is 48.5 Å². The van der Waals surface area contributed by atoms with Crippen LogP contribution in [0.3, 0.4) is 0 Å². The van der Waals surface area contributed by atoms with Crippen LogP contribution in [0.25, 0.3) is 11.3 Å². The SMILES string of the molecule is COc1ccc(-c2cc3n(n2)CC(C)(C(=O)NCc2ccccc2OC)N(CCc2ccccc2)C3=O)cc1. The Kier molecular flexibility index (Phi) is 7.36. The minimum Gasteiger partial charge on any atom is -0.497 e. The first-order valence-corrected chi connectivity index (χ1v) is 12.9. The van der Waals surface area contributed by atoms with Gasteiger partial charge in [0.2, 0.25) is 5.91 Å². The van der Waals surface area contributed by atoms with Gasteiger partial charge in [-0.2, -0.15) is 5.10 Å². The van der Waals surface area contributed by atoms with Crippen LogP contribution in [0.2, 0.25) is 0 Å². The molecule has 1 atom stereocenters. The van der Waals surface area contributed by atoms with E-state index >= 15 is 0 Å². The van der Waals surface area contributed by atoms with Gasteiger partial charge in [0, 0.05) is 24.2 Å². The Morgan fingerprint density at radius 2 is 1.69 bits per heavy atom. The van der Waals surface area contributed by atoms with E-state index in [1.807, 2.05) is 85.8 Å². The Morgan fingerprint density at radius 1 is 0.974 bits per heavy atom. The predicted octanol–water partition coefficient (Wildman–Crippen LogP) is 4.34. The topological polar surface area (TPSA) is 85.7 Å². The first-order valence-electron chi connectivity index (χ1n) is 12.9. The van der Waals surface area contributed by atoms with Crippen molar-refractivity contribution < 1.29 is 19.1 Å². The van der Waals surface area contributed by atoms with Gasteiger partial charge < -0.3 is 19.7 Å². The third-order valence-corrected chi connectivity index (χ3v) is 7.27. The van der Waals surface area contributed by atoms with Crippen molar-refractivity contribution in [3.8, 4) is 22.8 Å². The van der Waals surface area contributed by atoms with Crippen LogP contribution in [0, 0.1) is 0 Å². The molecule has 1 unspecified atom stereocenters. The number of carbonyl (C=O) groups is 2. The number of benzene rings is 3. The van der Waals surface area contributed by atoms with E-state index in [1.54, 1.807) is 29.9 Å². The van der Waals surface area contributed by atoms with E-state index in [9.17, 15) is 9.59 Å². The number of methoxy groups -OCH3 is 2. The number of carbonyl (C=O) groups excluding carboxylic acids is 2. The maximum absolute atomic E-state index is 13.9. The molecule has 3 aromatic carbocycles. The first-order chi connectivity index (χ1) is 18.9. The third-order valence-electron chi connectivity index (χ3n) is 7.27. The predicted molar refractivity (Wildman–Crippen MR) is 149 cm³/mol. The molecule has 0 bridgehead atoms. The zero-order chi connectivity index (χ0) is 27.4. The molecule has 1 aliphatic heterocycles. The molecule has 8 nitrogen and oxygen atoms in total.